The molecule has 0 spiro atoms. The van der Waals surface area contributed by atoms with Crippen LogP contribution in [0.25, 0.3) is 11.4 Å². The van der Waals surface area contributed by atoms with Crippen LogP contribution in [-0.4, -0.2) is 25.9 Å². The molecule has 0 aliphatic rings. The Hall–Kier alpha value is -3.96. The minimum atomic E-state index is -0.511. The highest BCUT2D eigenvalue weighted by Crippen LogP contribution is 2.29. The molecule has 33 heavy (non-hydrogen) atoms. The Morgan fingerprint density at radius 3 is 2.61 bits per heavy atom. The zero-order valence-corrected chi connectivity index (χ0v) is 18.6. The number of thioether (sulfide) groups is 1. The van der Waals surface area contributed by atoms with Crippen LogP contribution in [0.5, 0.6) is 0 Å². The zero-order chi connectivity index (χ0) is 23.2. The van der Waals surface area contributed by atoms with Gasteiger partial charge in [0.2, 0.25) is 5.91 Å². The Kier molecular flexibility index (Phi) is 6.81. The van der Waals surface area contributed by atoms with Crippen LogP contribution in [0.2, 0.25) is 0 Å². The van der Waals surface area contributed by atoms with E-state index in [-0.39, 0.29) is 11.7 Å². The third-order valence-electron chi connectivity index (χ3n) is 4.93. The van der Waals surface area contributed by atoms with Crippen molar-refractivity contribution in [2.24, 2.45) is 0 Å². The summed E-state index contributed by atoms with van der Waals surface area (Å²) in [6.45, 7) is 2.19. The van der Waals surface area contributed by atoms with Crippen LogP contribution >= 0.6 is 11.8 Å². The number of rotatable bonds is 7. The first-order chi connectivity index (χ1) is 16.0. The molecule has 4 aromatic rings. The van der Waals surface area contributed by atoms with Gasteiger partial charge in [-0.05, 0) is 42.8 Å². The van der Waals surface area contributed by atoms with Crippen molar-refractivity contribution in [1.82, 2.24) is 14.8 Å². The van der Waals surface area contributed by atoms with Gasteiger partial charge < -0.3 is 5.32 Å². The number of amides is 1. The van der Waals surface area contributed by atoms with Crippen LogP contribution in [0.3, 0.4) is 0 Å². The van der Waals surface area contributed by atoms with E-state index in [4.69, 9.17) is 5.26 Å². The highest BCUT2D eigenvalue weighted by atomic mass is 32.2. The average molecular weight is 458 g/mol. The summed E-state index contributed by atoms with van der Waals surface area (Å²) in [5.74, 6) is -0.232. The van der Waals surface area contributed by atoms with Crippen molar-refractivity contribution in [3.8, 4) is 17.5 Å². The maximum Gasteiger partial charge on any atom is 0.237 e. The zero-order valence-electron chi connectivity index (χ0n) is 17.8. The molecule has 0 aliphatic carbocycles. The number of halogens is 1. The van der Waals surface area contributed by atoms with Gasteiger partial charge in [0.05, 0.1) is 29.0 Å². The van der Waals surface area contributed by atoms with Crippen LogP contribution in [-0.2, 0) is 11.3 Å². The van der Waals surface area contributed by atoms with E-state index in [2.05, 4.69) is 21.6 Å². The van der Waals surface area contributed by atoms with Gasteiger partial charge in [0.15, 0.2) is 11.0 Å². The summed E-state index contributed by atoms with van der Waals surface area (Å²) in [7, 11) is 0. The van der Waals surface area contributed by atoms with Gasteiger partial charge in [-0.25, -0.2) is 4.39 Å². The molecule has 1 heterocycles. The van der Waals surface area contributed by atoms with E-state index in [9.17, 15) is 9.18 Å². The van der Waals surface area contributed by atoms with Gasteiger partial charge in [0.25, 0.3) is 0 Å². The van der Waals surface area contributed by atoms with E-state index < -0.39 is 5.25 Å². The molecule has 1 unspecified atom stereocenters. The van der Waals surface area contributed by atoms with Gasteiger partial charge in [-0.15, -0.1) is 10.2 Å². The number of carbonyl (C=O) groups is 1. The molecule has 1 aromatic heterocycles. The molecule has 3 aromatic carbocycles. The maximum atomic E-state index is 14.5. The highest BCUT2D eigenvalue weighted by molar-refractivity contribution is 8.00. The molecule has 0 saturated heterocycles. The quantitative estimate of drug-likeness (QED) is 0.389. The van der Waals surface area contributed by atoms with Crippen molar-refractivity contribution < 1.29 is 9.18 Å². The average Bonchev–Trinajstić information content (AvgIpc) is 3.21. The van der Waals surface area contributed by atoms with E-state index in [0.29, 0.717) is 34.3 Å². The molecule has 1 atom stereocenters. The van der Waals surface area contributed by atoms with Crippen LogP contribution in [0.4, 0.5) is 10.1 Å². The van der Waals surface area contributed by atoms with Crippen LogP contribution < -0.4 is 5.32 Å². The fourth-order valence-corrected chi connectivity index (χ4v) is 4.10. The summed E-state index contributed by atoms with van der Waals surface area (Å²) in [6, 6.07) is 24.9. The standard InChI is InChI=1S/C25H20FN5OS/c1-17(24(32)28-20-11-7-10-19(14-20)15-27)33-25-30-29-23(21-12-5-6-13-22(21)26)31(25)16-18-8-3-2-4-9-18/h2-14,17H,16H2,1H3,(H,28,32). The second-order valence-electron chi connectivity index (χ2n) is 7.30. The first kappa shape index (κ1) is 22.2. The smallest absolute Gasteiger partial charge is 0.237 e. The number of nitrogens with one attached hydrogen (secondary N) is 1. The van der Waals surface area contributed by atoms with E-state index in [0.717, 1.165) is 5.56 Å². The molecule has 1 N–H and O–H groups in total. The normalized spacial score (nSPS) is 11.5. The predicted molar refractivity (Wildman–Crippen MR) is 126 cm³/mol. The fraction of sp³-hybridized carbons (Fsp3) is 0.120. The van der Waals surface area contributed by atoms with Gasteiger partial charge in [0.1, 0.15) is 5.82 Å². The maximum absolute atomic E-state index is 14.5. The number of nitrogens with zero attached hydrogens (tertiary/aromatic N) is 4. The van der Waals surface area contributed by atoms with E-state index in [1.54, 1.807) is 49.4 Å². The molecule has 4 rings (SSSR count). The van der Waals surface area contributed by atoms with Gasteiger partial charge in [0, 0.05) is 5.69 Å². The Morgan fingerprint density at radius 2 is 1.85 bits per heavy atom. The van der Waals surface area contributed by atoms with Crippen molar-refractivity contribution in [2.45, 2.75) is 23.9 Å². The van der Waals surface area contributed by atoms with E-state index in [1.807, 2.05) is 34.9 Å². The number of benzene rings is 3. The number of carbonyl (C=O) groups excluding carboxylic acids is 1. The lowest BCUT2D eigenvalue weighted by atomic mass is 10.2. The minimum absolute atomic E-state index is 0.239. The van der Waals surface area contributed by atoms with Gasteiger partial charge >= 0.3 is 0 Å². The summed E-state index contributed by atoms with van der Waals surface area (Å²) in [5, 5.41) is 20.4. The summed E-state index contributed by atoms with van der Waals surface area (Å²) < 4.78 is 16.3. The number of aromatic nitrogens is 3. The first-order valence-corrected chi connectivity index (χ1v) is 11.1. The monoisotopic (exact) mass is 457 g/mol. The van der Waals surface area contributed by atoms with Crippen molar-refractivity contribution >= 4 is 23.4 Å². The van der Waals surface area contributed by atoms with Crippen LogP contribution in [0, 0.1) is 17.1 Å². The third-order valence-corrected chi connectivity index (χ3v) is 6.01. The van der Waals surface area contributed by atoms with Crippen molar-refractivity contribution in [1.29, 1.82) is 5.26 Å². The lowest BCUT2D eigenvalue weighted by Gasteiger charge is -2.14. The Labute approximate surface area is 195 Å². The summed E-state index contributed by atoms with van der Waals surface area (Å²) in [6.07, 6.45) is 0. The number of hydrogen-bond acceptors (Lipinski definition) is 5. The van der Waals surface area contributed by atoms with Gasteiger partial charge in [-0.1, -0.05) is 60.3 Å². The second-order valence-corrected chi connectivity index (χ2v) is 8.61. The fourth-order valence-electron chi connectivity index (χ4n) is 3.25. The summed E-state index contributed by atoms with van der Waals surface area (Å²) in [5.41, 5.74) is 2.36. The number of hydrogen-bond donors (Lipinski definition) is 1. The van der Waals surface area contributed by atoms with E-state index in [1.165, 1.54) is 17.8 Å². The molecule has 0 fully saturated rings. The Bertz CT molecular complexity index is 1320. The van der Waals surface area contributed by atoms with Gasteiger partial charge in [-0.2, -0.15) is 5.26 Å². The van der Waals surface area contributed by atoms with E-state index >= 15 is 0 Å². The molecular weight excluding hydrogens is 437 g/mol. The topological polar surface area (TPSA) is 83.6 Å². The molecule has 0 radical (unpaired) electrons. The molecule has 0 saturated carbocycles. The molecule has 1 amide bonds. The third kappa shape index (κ3) is 5.27. The predicted octanol–water partition coefficient (Wildman–Crippen LogP) is 5.12. The molecule has 0 bridgehead atoms. The summed E-state index contributed by atoms with van der Waals surface area (Å²) >= 11 is 1.24. The largest absolute Gasteiger partial charge is 0.325 e. The molecule has 6 nitrogen and oxygen atoms in total. The van der Waals surface area contributed by atoms with Crippen molar-refractivity contribution in [3.63, 3.8) is 0 Å². The molecule has 0 aliphatic heterocycles. The second kappa shape index (κ2) is 10.1. The molecule has 8 heteroatoms. The lowest BCUT2D eigenvalue weighted by Crippen LogP contribution is -2.23. The molecule has 164 valence electrons. The number of anilines is 1. The Morgan fingerprint density at radius 1 is 1.09 bits per heavy atom. The van der Waals surface area contributed by atoms with Crippen LogP contribution in [0.1, 0.15) is 18.1 Å². The number of nitriles is 1. The minimum Gasteiger partial charge on any atom is -0.325 e. The lowest BCUT2D eigenvalue weighted by molar-refractivity contribution is -0.115. The SMILES string of the molecule is CC(Sc1nnc(-c2ccccc2F)n1Cc1ccccc1)C(=O)Nc1cccc(C#N)c1. The van der Waals surface area contributed by atoms with Crippen molar-refractivity contribution in [3.05, 3.63) is 95.8 Å². The van der Waals surface area contributed by atoms with Crippen molar-refractivity contribution in [2.75, 3.05) is 5.32 Å². The summed E-state index contributed by atoms with van der Waals surface area (Å²) in [4.78, 5) is 12.8. The molecular formula is C25H20FN5OS. The van der Waals surface area contributed by atoms with Crippen LogP contribution in [0.15, 0.2) is 84.0 Å². The van der Waals surface area contributed by atoms with Gasteiger partial charge in [-0.3, -0.25) is 9.36 Å². The first-order valence-electron chi connectivity index (χ1n) is 10.2. The highest BCUT2D eigenvalue weighted by Gasteiger charge is 2.22. The Balaban J connectivity index is 1.60.